The van der Waals surface area contributed by atoms with E-state index in [-0.39, 0.29) is 5.56 Å². The first-order valence-corrected chi connectivity index (χ1v) is 7.25. The molecule has 1 aromatic heterocycles. The van der Waals surface area contributed by atoms with Crippen molar-refractivity contribution in [1.29, 1.82) is 0 Å². The van der Waals surface area contributed by atoms with E-state index in [2.05, 4.69) is 22.9 Å². The highest BCUT2D eigenvalue weighted by molar-refractivity contribution is 9.10. The van der Waals surface area contributed by atoms with Crippen molar-refractivity contribution in [2.75, 3.05) is 5.73 Å². The number of hydrogen-bond acceptors (Lipinski definition) is 2. The fraction of sp³-hybridized carbons (Fsp3) is 0.357. The molecule has 5 heteroatoms. The number of halogens is 1. The van der Waals surface area contributed by atoms with E-state index in [0.29, 0.717) is 5.69 Å². The van der Waals surface area contributed by atoms with Crippen molar-refractivity contribution < 1.29 is 0 Å². The number of nitrogen functional groups attached to an aromatic ring is 1. The summed E-state index contributed by atoms with van der Waals surface area (Å²) in [4.78, 5) is 12.3. The molecular weight excluding hydrogens is 306 g/mol. The van der Waals surface area contributed by atoms with Crippen LogP contribution in [0.5, 0.6) is 0 Å². The lowest BCUT2D eigenvalue weighted by Crippen LogP contribution is -2.22. The van der Waals surface area contributed by atoms with Crippen LogP contribution < -0.4 is 11.3 Å². The Hall–Kier alpha value is -1.49. The molecular formula is C14H18BrN3O. The highest BCUT2D eigenvalue weighted by Crippen LogP contribution is 2.17. The standard InChI is InChI=1S/C14H18BrN3O/c1-3-9-17-12(4-2)13(16)14(19)18(17)11-7-5-10(15)6-8-11/h5-8H,3-4,9,16H2,1-2H3. The normalized spacial score (nSPS) is 10.9. The molecule has 2 N–H and O–H groups in total. The summed E-state index contributed by atoms with van der Waals surface area (Å²) in [6.07, 6.45) is 1.71. The third-order valence-corrected chi connectivity index (χ3v) is 3.66. The Bertz CT molecular complexity index is 625. The van der Waals surface area contributed by atoms with Crippen LogP contribution in [0.4, 0.5) is 5.69 Å². The molecule has 2 aromatic rings. The second-order valence-corrected chi connectivity index (χ2v) is 5.35. The zero-order chi connectivity index (χ0) is 14.0. The Morgan fingerprint density at radius 2 is 1.84 bits per heavy atom. The molecule has 0 fully saturated rings. The fourth-order valence-corrected chi connectivity index (χ4v) is 2.53. The molecule has 0 bridgehead atoms. The number of rotatable bonds is 4. The third kappa shape index (κ3) is 2.47. The number of hydrogen-bond donors (Lipinski definition) is 1. The summed E-state index contributed by atoms with van der Waals surface area (Å²) in [5.74, 6) is 0. The van der Waals surface area contributed by atoms with Gasteiger partial charge in [-0.3, -0.25) is 9.48 Å². The predicted molar refractivity (Wildman–Crippen MR) is 81.8 cm³/mol. The van der Waals surface area contributed by atoms with Gasteiger partial charge < -0.3 is 5.73 Å². The lowest BCUT2D eigenvalue weighted by Gasteiger charge is -2.13. The van der Waals surface area contributed by atoms with Crippen LogP contribution in [0, 0.1) is 0 Å². The Morgan fingerprint density at radius 3 is 2.37 bits per heavy atom. The minimum Gasteiger partial charge on any atom is -0.393 e. The summed E-state index contributed by atoms with van der Waals surface area (Å²) in [6.45, 7) is 4.89. The Kier molecular flexibility index (Phi) is 4.14. The van der Waals surface area contributed by atoms with Crippen LogP contribution in [0.15, 0.2) is 33.5 Å². The number of aromatic nitrogens is 2. The first-order chi connectivity index (χ1) is 9.10. The molecule has 1 aromatic carbocycles. The molecule has 0 unspecified atom stereocenters. The summed E-state index contributed by atoms with van der Waals surface area (Å²) >= 11 is 3.40. The summed E-state index contributed by atoms with van der Waals surface area (Å²) in [5, 5.41) is 0. The highest BCUT2D eigenvalue weighted by atomic mass is 79.9. The van der Waals surface area contributed by atoms with E-state index in [4.69, 9.17) is 5.73 Å². The Labute approximate surface area is 120 Å². The minimum atomic E-state index is -0.132. The first-order valence-electron chi connectivity index (χ1n) is 6.46. The van der Waals surface area contributed by atoms with Crippen molar-refractivity contribution in [2.45, 2.75) is 33.2 Å². The lowest BCUT2D eigenvalue weighted by atomic mass is 10.3. The van der Waals surface area contributed by atoms with Gasteiger partial charge in [-0.2, -0.15) is 0 Å². The molecule has 0 atom stereocenters. The van der Waals surface area contributed by atoms with Gasteiger partial charge in [-0.05, 0) is 37.1 Å². The Balaban J connectivity index is 2.68. The maximum Gasteiger partial charge on any atom is 0.294 e. The average molecular weight is 324 g/mol. The minimum absolute atomic E-state index is 0.132. The molecule has 0 saturated carbocycles. The number of anilines is 1. The van der Waals surface area contributed by atoms with Crippen LogP contribution in [-0.2, 0) is 13.0 Å². The van der Waals surface area contributed by atoms with Gasteiger partial charge in [0.1, 0.15) is 5.69 Å². The van der Waals surface area contributed by atoms with E-state index in [0.717, 1.165) is 35.2 Å². The maximum absolute atomic E-state index is 12.3. The molecule has 2 rings (SSSR count). The van der Waals surface area contributed by atoms with Gasteiger partial charge in [0.05, 0.1) is 11.4 Å². The zero-order valence-corrected chi connectivity index (χ0v) is 12.8. The molecule has 4 nitrogen and oxygen atoms in total. The summed E-state index contributed by atoms with van der Waals surface area (Å²) < 4.78 is 4.65. The topological polar surface area (TPSA) is 52.9 Å². The lowest BCUT2D eigenvalue weighted by molar-refractivity contribution is 0.516. The van der Waals surface area contributed by atoms with Gasteiger partial charge in [-0.15, -0.1) is 0 Å². The van der Waals surface area contributed by atoms with Crippen molar-refractivity contribution in [1.82, 2.24) is 9.36 Å². The smallest absolute Gasteiger partial charge is 0.294 e. The summed E-state index contributed by atoms with van der Waals surface area (Å²) in [5.41, 5.74) is 7.93. The van der Waals surface area contributed by atoms with Crippen LogP contribution >= 0.6 is 15.9 Å². The third-order valence-electron chi connectivity index (χ3n) is 3.13. The van der Waals surface area contributed by atoms with Crippen molar-refractivity contribution in [2.24, 2.45) is 0 Å². The van der Waals surface area contributed by atoms with Crippen LogP contribution in [0.2, 0.25) is 0 Å². The van der Waals surface area contributed by atoms with E-state index in [1.165, 1.54) is 0 Å². The molecule has 0 aliphatic rings. The molecule has 1 heterocycles. The van der Waals surface area contributed by atoms with Gasteiger partial charge in [0.25, 0.3) is 5.56 Å². The highest BCUT2D eigenvalue weighted by Gasteiger charge is 2.16. The van der Waals surface area contributed by atoms with Crippen LogP contribution in [0.1, 0.15) is 26.0 Å². The molecule has 0 radical (unpaired) electrons. The van der Waals surface area contributed by atoms with E-state index < -0.39 is 0 Å². The molecule has 102 valence electrons. The largest absolute Gasteiger partial charge is 0.393 e. The fourth-order valence-electron chi connectivity index (χ4n) is 2.27. The van der Waals surface area contributed by atoms with Gasteiger partial charge >= 0.3 is 0 Å². The van der Waals surface area contributed by atoms with Crippen molar-refractivity contribution >= 4 is 21.6 Å². The van der Waals surface area contributed by atoms with Gasteiger partial charge in [-0.25, -0.2) is 4.68 Å². The van der Waals surface area contributed by atoms with Crippen LogP contribution in [0.25, 0.3) is 5.69 Å². The van der Waals surface area contributed by atoms with Gasteiger partial charge in [0.15, 0.2) is 0 Å². The van der Waals surface area contributed by atoms with E-state index in [1.54, 1.807) is 4.68 Å². The first kappa shape index (κ1) is 13.9. The predicted octanol–water partition coefficient (Wildman–Crippen LogP) is 2.96. The summed E-state index contributed by atoms with van der Waals surface area (Å²) in [6, 6.07) is 7.67. The van der Waals surface area contributed by atoms with E-state index >= 15 is 0 Å². The molecule has 0 amide bonds. The zero-order valence-electron chi connectivity index (χ0n) is 11.2. The molecule has 0 saturated heterocycles. The number of benzene rings is 1. The average Bonchev–Trinajstić information content (AvgIpc) is 2.63. The molecule has 0 spiro atoms. The molecule has 0 aliphatic carbocycles. The second kappa shape index (κ2) is 5.65. The maximum atomic E-state index is 12.3. The van der Waals surface area contributed by atoms with Crippen molar-refractivity contribution in [3.05, 3.63) is 44.8 Å². The van der Waals surface area contributed by atoms with Gasteiger partial charge in [0, 0.05) is 11.0 Å². The molecule has 19 heavy (non-hydrogen) atoms. The van der Waals surface area contributed by atoms with Crippen molar-refractivity contribution in [3.8, 4) is 5.69 Å². The Morgan fingerprint density at radius 1 is 1.21 bits per heavy atom. The second-order valence-electron chi connectivity index (χ2n) is 4.43. The molecule has 0 aliphatic heterocycles. The number of nitrogens with zero attached hydrogens (tertiary/aromatic N) is 2. The van der Waals surface area contributed by atoms with E-state index in [9.17, 15) is 4.79 Å². The quantitative estimate of drug-likeness (QED) is 0.940. The van der Waals surface area contributed by atoms with E-state index in [1.807, 2.05) is 35.9 Å². The van der Waals surface area contributed by atoms with Crippen LogP contribution in [0.3, 0.4) is 0 Å². The van der Waals surface area contributed by atoms with Crippen LogP contribution in [-0.4, -0.2) is 9.36 Å². The SMILES string of the molecule is CCCn1c(CC)c(N)c(=O)n1-c1ccc(Br)cc1. The number of nitrogens with two attached hydrogens (primary N) is 1. The van der Waals surface area contributed by atoms with Gasteiger partial charge in [-0.1, -0.05) is 29.8 Å². The van der Waals surface area contributed by atoms with Crippen molar-refractivity contribution in [3.63, 3.8) is 0 Å². The summed E-state index contributed by atoms with van der Waals surface area (Å²) in [7, 11) is 0. The monoisotopic (exact) mass is 323 g/mol. The van der Waals surface area contributed by atoms with Gasteiger partial charge in [0.2, 0.25) is 0 Å².